The number of rotatable bonds is 1. The second-order valence-corrected chi connectivity index (χ2v) is 4.55. The third kappa shape index (κ3) is 1.44. The summed E-state index contributed by atoms with van der Waals surface area (Å²) in [4.78, 5) is 7.76. The fraction of sp³-hybridized carbons (Fsp3) is 0.0909. The van der Waals surface area contributed by atoms with Crippen molar-refractivity contribution in [2.24, 2.45) is 0 Å². The van der Waals surface area contributed by atoms with Crippen molar-refractivity contribution >= 4 is 27.0 Å². The summed E-state index contributed by atoms with van der Waals surface area (Å²) >= 11 is 3.47. The Labute approximate surface area is 100 Å². The molecule has 4 nitrogen and oxygen atoms in total. The van der Waals surface area contributed by atoms with Crippen molar-refractivity contribution in [3.63, 3.8) is 0 Å². The number of halogens is 1. The summed E-state index contributed by atoms with van der Waals surface area (Å²) < 4.78 is 2.76. The largest absolute Gasteiger partial charge is 0.322 e. The first-order valence-electron chi connectivity index (χ1n) is 4.90. The molecule has 0 atom stereocenters. The van der Waals surface area contributed by atoms with Gasteiger partial charge in [-0.25, -0.2) is 9.67 Å². The van der Waals surface area contributed by atoms with Crippen molar-refractivity contribution < 1.29 is 0 Å². The molecule has 0 saturated carbocycles. The summed E-state index contributed by atoms with van der Waals surface area (Å²) in [6.45, 7) is 2.04. The maximum atomic E-state index is 4.52. The van der Waals surface area contributed by atoms with E-state index in [1.807, 2.05) is 25.3 Å². The second kappa shape index (κ2) is 3.45. The van der Waals surface area contributed by atoms with Crippen molar-refractivity contribution in [1.82, 2.24) is 19.7 Å². The Bertz CT molecular complexity index is 639. The summed E-state index contributed by atoms with van der Waals surface area (Å²) in [5, 5.41) is 4.15. The number of hydrogen-bond acceptors (Lipinski definition) is 2. The first-order chi connectivity index (χ1) is 7.74. The van der Waals surface area contributed by atoms with Crippen molar-refractivity contribution in [3.05, 3.63) is 40.6 Å². The zero-order chi connectivity index (χ0) is 11.1. The van der Waals surface area contributed by atoms with Crippen LogP contribution in [0.3, 0.4) is 0 Å². The fourth-order valence-corrected chi connectivity index (χ4v) is 2.31. The molecule has 0 fully saturated rings. The van der Waals surface area contributed by atoms with Crippen LogP contribution in [0.4, 0.5) is 0 Å². The number of aromatic nitrogens is 4. The summed E-state index contributed by atoms with van der Waals surface area (Å²) in [6.07, 6.45) is 3.60. The van der Waals surface area contributed by atoms with Gasteiger partial charge in [0.1, 0.15) is 0 Å². The van der Waals surface area contributed by atoms with Gasteiger partial charge in [0.25, 0.3) is 0 Å². The van der Waals surface area contributed by atoms with Gasteiger partial charge in [0.2, 0.25) is 5.95 Å². The number of H-pyrrole nitrogens is 1. The number of aromatic amines is 1. The molecular formula is C11H9BrN4. The quantitative estimate of drug-likeness (QED) is 0.743. The smallest absolute Gasteiger partial charge is 0.229 e. The highest BCUT2D eigenvalue weighted by atomic mass is 79.9. The molecule has 0 saturated heterocycles. The highest BCUT2D eigenvalue weighted by Gasteiger charge is 2.07. The molecule has 0 radical (unpaired) electrons. The van der Waals surface area contributed by atoms with Crippen LogP contribution >= 0.6 is 15.9 Å². The van der Waals surface area contributed by atoms with E-state index in [2.05, 4.69) is 37.1 Å². The van der Waals surface area contributed by atoms with E-state index in [0.717, 1.165) is 27.0 Å². The van der Waals surface area contributed by atoms with E-state index in [1.165, 1.54) is 0 Å². The van der Waals surface area contributed by atoms with Gasteiger partial charge in [-0.1, -0.05) is 15.9 Å². The number of nitrogens with one attached hydrogen (secondary N) is 1. The number of imidazole rings is 1. The zero-order valence-corrected chi connectivity index (χ0v) is 10.2. The van der Waals surface area contributed by atoms with Crippen LogP contribution in [0.5, 0.6) is 0 Å². The lowest BCUT2D eigenvalue weighted by molar-refractivity contribution is 0.829. The minimum Gasteiger partial charge on any atom is -0.322 e. The van der Waals surface area contributed by atoms with Crippen molar-refractivity contribution in [3.8, 4) is 5.95 Å². The second-order valence-electron chi connectivity index (χ2n) is 3.63. The lowest BCUT2D eigenvalue weighted by atomic mass is 10.2. The number of aryl methyl sites for hydroxylation is 1. The maximum Gasteiger partial charge on any atom is 0.229 e. The Balaban J connectivity index is 2.27. The van der Waals surface area contributed by atoms with Gasteiger partial charge in [-0.2, -0.15) is 5.10 Å². The highest BCUT2D eigenvalue weighted by Crippen LogP contribution is 2.22. The highest BCUT2D eigenvalue weighted by molar-refractivity contribution is 9.10. The van der Waals surface area contributed by atoms with Crippen LogP contribution < -0.4 is 0 Å². The van der Waals surface area contributed by atoms with Crippen LogP contribution in [0.2, 0.25) is 0 Å². The van der Waals surface area contributed by atoms with E-state index >= 15 is 0 Å². The molecule has 3 rings (SSSR count). The molecule has 0 amide bonds. The Morgan fingerprint density at radius 1 is 1.38 bits per heavy atom. The molecule has 2 aromatic heterocycles. The minimum atomic E-state index is 0.737. The topological polar surface area (TPSA) is 46.5 Å². The zero-order valence-electron chi connectivity index (χ0n) is 8.61. The van der Waals surface area contributed by atoms with Crippen LogP contribution in [0.15, 0.2) is 35.1 Å². The van der Waals surface area contributed by atoms with Crippen LogP contribution in [-0.2, 0) is 0 Å². The van der Waals surface area contributed by atoms with Crippen molar-refractivity contribution in [1.29, 1.82) is 0 Å². The Hall–Kier alpha value is -1.62. The molecule has 0 aliphatic heterocycles. The van der Waals surface area contributed by atoms with Crippen molar-refractivity contribution in [2.75, 3.05) is 0 Å². The van der Waals surface area contributed by atoms with Crippen LogP contribution in [0.25, 0.3) is 17.0 Å². The van der Waals surface area contributed by atoms with Gasteiger partial charge in [0.05, 0.1) is 11.0 Å². The van der Waals surface area contributed by atoms with Gasteiger partial charge < -0.3 is 4.98 Å². The van der Waals surface area contributed by atoms with E-state index in [-0.39, 0.29) is 0 Å². The normalized spacial score (nSPS) is 11.1. The first-order valence-corrected chi connectivity index (χ1v) is 5.69. The predicted molar refractivity (Wildman–Crippen MR) is 65.7 cm³/mol. The molecule has 1 N–H and O–H groups in total. The summed E-state index contributed by atoms with van der Waals surface area (Å²) in [6, 6.07) is 5.94. The third-order valence-electron chi connectivity index (χ3n) is 2.45. The van der Waals surface area contributed by atoms with E-state index in [9.17, 15) is 0 Å². The van der Waals surface area contributed by atoms with Gasteiger partial charge in [-0.15, -0.1) is 0 Å². The lowest BCUT2D eigenvalue weighted by Gasteiger charge is -1.94. The Morgan fingerprint density at radius 2 is 2.25 bits per heavy atom. The minimum absolute atomic E-state index is 0.737. The van der Waals surface area contributed by atoms with Crippen LogP contribution in [-0.4, -0.2) is 19.7 Å². The summed E-state index contributed by atoms with van der Waals surface area (Å²) in [7, 11) is 0. The molecule has 0 spiro atoms. The van der Waals surface area contributed by atoms with Crippen LogP contribution in [0.1, 0.15) is 5.56 Å². The first kappa shape index (κ1) is 9.59. The molecule has 0 aliphatic carbocycles. The predicted octanol–water partition coefficient (Wildman–Crippen LogP) is 2.82. The number of benzene rings is 1. The van der Waals surface area contributed by atoms with Gasteiger partial charge in [-0.3, -0.25) is 0 Å². The van der Waals surface area contributed by atoms with Gasteiger partial charge >= 0.3 is 0 Å². The molecule has 80 valence electrons. The van der Waals surface area contributed by atoms with E-state index in [4.69, 9.17) is 0 Å². The number of hydrogen-bond donors (Lipinski definition) is 1. The Morgan fingerprint density at radius 3 is 3.00 bits per heavy atom. The molecule has 0 unspecified atom stereocenters. The van der Waals surface area contributed by atoms with Gasteiger partial charge in [0.15, 0.2) is 0 Å². The van der Waals surface area contributed by atoms with E-state index in [1.54, 1.807) is 10.9 Å². The maximum absolute atomic E-state index is 4.52. The van der Waals surface area contributed by atoms with Crippen LogP contribution in [0, 0.1) is 6.92 Å². The third-order valence-corrected chi connectivity index (χ3v) is 2.91. The molecule has 0 aliphatic rings. The average Bonchev–Trinajstić information content (AvgIpc) is 2.82. The fourth-order valence-electron chi connectivity index (χ4n) is 1.74. The van der Waals surface area contributed by atoms with Gasteiger partial charge in [-0.05, 0) is 30.7 Å². The van der Waals surface area contributed by atoms with Gasteiger partial charge in [0, 0.05) is 16.9 Å². The summed E-state index contributed by atoms with van der Waals surface area (Å²) in [5.74, 6) is 0.737. The molecule has 16 heavy (non-hydrogen) atoms. The molecule has 3 aromatic rings. The molecule has 2 heterocycles. The Kier molecular flexibility index (Phi) is 2.07. The van der Waals surface area contributed by atoms with E-state index < -0.39 is 0 Å². The van der Waals surface area contributed by atoms with E-state index in [0.29, 0.717) is 0 Å². The monoisotopic (exact) mass is 276 g/mol. The van der Waals surface area contributed by atoms with Crippen molar-refractivity contribution in [2.45, 2.75) is 6.92 Å². The SMILES string of the molecule is Cc1cc(Br)cc2[nH]c(-n3cccn3)nc12. The molecule has 5 heteroatoms. The summed E-state index contributed by atoms with van der Waals surface area (Å²) in [5.41, 5.74) is 3.13. The average molecular weight is 277 g/mol. The molecule has 1 aromatic carbocycles. The lowest BCUT2D eigenvalue weighted by Crippen LogP contribution is -1.95. The molecule has 0 bridgehead atoms. The number of fused-ring (bicyclic) bond motifs is 1. The standard InChI is InChI=1S/C11H9BrN4/c1-7-5-8(12)6-9-10(7)15-11(14-9)16-4-2-3-13-16/h2-6H,1H3,(H,14,15). The number of nitrogens with zero attached hydrogens (tertiary/aromatic N) is 3. The molecular weight excluding hydrogens is 268 g/mol.